The van der Waals surface area contributed by atoms with E-state index in [1.54, 1.807) is 19.2 Å². The number of rotatable bonds is 7. The largest absolute Gasteiger partial charge is 0.494 e. The Morgan fingerprint density at radius 2 is 1.89 bits per heavy atom. The zero-order chi connectivity index (χ0) is 19.9. The molecule has 1 aliphatic rings. The topological polar surface area (TPSA) is 71.0 Å². The van der Waals surface area contributed by atoms with Crippen LogP contribution in [0.25, 0.3) is 0 Å². The molecule has 6 nitrogen and oxygen atoms in total. The molecule has 2 aromatic carbocycles. The molecule has 0 unspecified atom stereocenters. The number of carbonyl (C=O) groups excluding carboxylic acids is 2. The lowest BCUT2D eigenvalue weighted by Crippen LogP contribution is -2.30. The SMILES string of the molecule is CCCOc1ccc(NC(=O)C[C@H]2SC(=Nc3ccccc3)N(C)C2=O)cc1. The lowest BCUT2D eigenvalue weighted by Gasteiger charge is -2.10. The minimum absolute atomic E-state index is 0.0930. The molecule has 0 aromatic heterocycles. The average Bonchev–Trinajstić information content (AvgIpc) is 2.96. The molecule has 2 aromatic rings. The van der Waals surface area contributed by atoms with Crippen LogP contribution in [-0.2, 0) is 9.59 Å². The fraction of sp³-hybridized carbons (Fsp3) is 0.286. The highest BCUT2D eigenvalue weighted by Gasteiger charge is 2.36. The molecule has 0 spiro atoms. The first kappa shape index (κ1) is 19.9. The van der Waals surface area contributed by atoms with Crippen LogP contribution in [0.15, 0.2) is 59.6 Å². The van der Waals surface area contributed by atoms with E-state index in [1.165, 1.54) is 16.7 Å². The van der Waals surface area contributed by atoms with Gasteiger partial charge in [0.1, 0.15) is 11.0 Å². The van der Waals surface area contributed by atoms with Gasteiger partial charge in [0.2, 0.25) is 11.8 Å². The summed E-state index contributed by atoms with van der Waals surface area (Å²) < 4.78 is 5.53. The molecule has 1 heterocycles. The van der Waals surface area contributed by atoms with Crippen LogP contribution in [0.5, 0.6) is 5.75 Å². The van der Waals surface area contributed by atoms with E-state index in [-0.39, 0.29) is 18.2 Å². The van der Waals surface area contributed by atoms with E-state index >= 15 is 0 Å². The lowest BCUT2D eigenvalue weighted by molar-refractivity contribution is -0.127. The Hall–Kier alpha value is -2.80. The van der Waals surface area contributed by atoms with Gasteiger partial charge in [-0.2, -0.15) is 0 Å². The maximum Gasteiger partial charge on any atom is 0.242 e. The third-order valence-corrected chi connectivity index (χ3v) is 5.33. The minimum Gasteiger partial charge on any atom is -0.494 e. The fourth-order valence-electron chi connectivity index (χ4n) is 2.65. The summed E-state index contributed by atoms with van der Waals surface area (Å²) in [5, 5.41) is 2.96. The van der Waals surface area contributed by atoms with Gasteiger partial charge in [0, 0.05) is 19.2 Å². The van der Waals surface area contributed by atoms with Crippen LogP contribution in [0.2, 0.25) is 0 Å². The van der Waals surface area contributed by atoms with Gasteiger partial charge in [0.15, 0.2) is 5.17 Å². The third kappa shape index (κ3) is 5.13. The molecule has 3 rings (SSSR count). The number of ether oxygens (including phenoxy) is 1. The Bertz CT molecular complexity index is 853. The van der Waals surface area contributed by atoms with Crippen molar-refractivity contribution in [2.24, 2.45) is 4.99 Å². The number of amidine groups is 1. The number of carbonyl (C=O) groups is 2. The van der Waals surface area contributed by atoms with E-state index in [1.807, 2.05) is 49.4 Å². The van der Waals surface area contributed by atoms with Crippen LogP contribution in [0.3, 0.4) is 0 Å². The Labute approximate surface area is 169 Å². The molecule has 28 heavy (non-hydrogen) atoms. The summed E-state index contributed by atoms with van der Waals surface area (Å²) in [5.74, 6) is 0.449. The van der Waals surface area contributed by atoms with Crippen molar-refractivity contribution in [3.8, 4) is 5.75 Å². The summed E-state index contributed by atoms with van der Waals surface area (Å²) in [6.07, 6.45) is 1.03. The molecule has 1 aliphatic heterocycles. The van der Waals surface area contributed by atoms with Gasteiger partial charge in [-0.1, -0.05) is 36.9 Å². The van der Waals surface area contributed by atoms with Crippen LogP contribution in [0, 0.1) is 0 Å². The Balaban J connectivity index is 1.58. The standard InChI is InChI=1S/C21H23N3O3S/c1-3-13-27-17-11-9-16(10-12-17)22-19(25)14-18-20(26)24(2)21(28-18)23-15-7-5-4-6-8-15/h4-12,18H,3,13-14H2,1-2H3,(H,22,25)/t18-/m1/s1. The van der Waals surface area contributed by atoms with Gasteiger partial charge >= 0.3 is 0 Å². The van der Waals surface area contributed by atoms with Gasteiger partial charge < -0.3 is 10.1 Å². The van der Waals surface area contributed by atoms with Crippen molar-refractivity contribution in [1.29, 1.82) is 0 Å². The Morgan fingerprint density at radius 1 is 1.18 bits per heavy atom. The summed E-state index contributed by atoms with van der Waals surface area (Å²) in [6, 6.07) is 16.7. The van der Waals surface area contributed by atoms with Crippen LogP contribution in [-0.4, -0.2) is 40.8 Å². The summed E-state index contributed by atoms with van der Waals surface area (Å²) in [6.45, 7) is 2.71. The van der Waals surface area contributed by atoms with Crippen molar-refractivity contribution in [2.45, 2.75) is 25.0 Å². The van der Waals surface area contributed by atoms with E-state index in [2.05, 4.69) is 10.3 Å². The molecular weight excluding hydrogens is 374 g/mol. The number of nitrogens with one attached hydrogen (secondary N) is 1. The summed E-state index contributed by atoms with van der Waals surface area (Å²) in [4.78, 5) is 30.9. The number of hydrogen-bond donors (Lipinski definition) is 1. The molecule has 0 bridgehead atoms. The molecule has 1 saturated heterocycles. The van der Waals surface area contributed by atoms with Crippen LogP contribution in [0.1, 0.15) is 19.8 Å². The summed E-state index contributed by atoms with van der Waals surface area (Å²) in [5.41, 5.74) is 1.45. The first-order chi connectivity index (χ1) is 13.6. The second kappa shape index (κ2) is 9.41. The first-order valence-electron chi connectivity index (χ1n) is 9.17. The minimum atomic E-state index is -0.473. The molecule has 146 valence electrons. The van der Waals surface area contributed by atoms with Crippen molar-refractivity contribution >= 4 is 40.1 Å². The van der Waals surface area contributed by atoms with E-state index in [4.69, 9.17) is 4.74 Å². The first-order valence-corrected chi connectivity index (χ1v) is 10.1. The van der Waals surface area contributed by atoms with Gasteiger partial charge in [-0.25, -0.2) is 4.99 Å². The average molecular weight is 398 g/mol. The van der Waals surface area contributed by atoms with Crippen molar-refractivity contribution in [3.05, 3.63) is 54.6 Å². The highest BCUT2D eigenvalue weighted by molar-refractivity contribution is 8.15. The van der Waals surface area contributed by atoms with E-state index in [0.29, 0.717) is 17.5 Å². The highest BCUT2D eigenvalue weighted by atomic mass is 32.2. The van der Waals surface area contributed by atoms with E-state index in [0.717, 1.165) is 17.9 Å². The van der Waals surface area contributed by atoms with Crippen molar-refractivity contribution < 1.29 is 14.3 Å². The zero-order valence-electron chi connectivity index (χ0n) is 15.9. The number of benzene rings is 2. The van der Waals surface area contributed by atoms with E-state index in [9.17, 15) is 9.59 Å². The van der Waals surface area contributed by atoms with Gasteiger partial charge in [0.05, 0.1) is 12.3 Å². The number of thioether (sulfide) groups is 1. The maximum atomic E-state index is 12.5. The predicted molar refractivity (Wildman–Crippen MR) is 113 cm³/mol. The zero-order valence-corrected chi connectivity index (χ0v) is 16.7. The lowest BCUT2D eigenvalue weighted by atomic mass is 10.2. The molecular formula is C21H23N3O3S. The monoisotopic (exact) mass is 397 g/mol. The molecule has 0 aliphatic carbocycles. The van der Waals surface area contributed by atoms with Gasteiger partial charge in [-0.15, -0.1) is 0 Å². The maximum absolute atomic E-state index is 12.5. The Kier molecular flexibility index (Phi) is 6.71. The quantitative estimate of drug-likeness (QED) is 0.765. The molecule has 0 radical (unpaired) electrons. The number of hydrogen-bond acceptors (Lipinski definition) is 5. The van der Waals surface area contributed by atoms with Crippen LogP contribution < -0.4 is 10.1 Å². The smallest absolute Gasteiger partial charge is 0.242 e. The normalized spacial score (nSPS) is 17.8. The number of para-hydroxylation sites is 1. The molecule has 7 heteroatoms. The number of nitrogens with zero attached hydrogens (tertiary/aromatic N) is 2. The molecule has 0 saturated carbocycles. The molecule has 1 N–H and O–H groups in total. The second-order valence-electron chi connectivity index (χ2n) is 6.36. The fourth-order valence-corrected chi connectivity index (χ4v) is 3.80. The summed E-state index contributed by atoms with van der Waals surface area (Å²) >= 11 is 1.32. The second-order valence-corrected chi connectivity index (χ2v) is 7.53. The van der Waals surface area contributed by atoms with E-state index < -0.39 is 5.25 Å². The van der Waals surface area contributed by atoms with Crippen LogP contribution in [0.4, 0.5) is 11.4 Å². The molecule has 2 amide bonds. The third-order valence-electron chi connectivity index (χ3n) is 4.10. The van der Waals surface area contributed by atoms with Crippen LogP contribution >= 0.6 is 11.8 Å². The van der Waals surface area contributed by atoms with Crippen molar-refractivity contribution in [3.63, 3.8) is 0 Å². The molecule has 1 fully saturated rings. The van der Waals surface area contributed by atoms with Gasteiger partial charge in [-0.05, 0) is 42.8 Å². The number of aliphatic imine (C=N–C) groups is 1. The number of anilines is 1. The summed E-state index contributed by atoms with van der Waals surface area (Å²) in [7, 11) is 1.68. The number of amides is 2. The predicted octanol–water partition coefficient (Wildman–Crippen LogP) is 4.07. The Morgan fingerprint density at radius 3 is 2.57 bits per heavy atom. The van der Waals surface area contributed by atoms with Crippen molar-refractivity contribution in [2.75, 3.05) is 19.0 Å². The van der Waals surface area contributed by atoms with Gasteiger partial charge in [-0.3, -0.25) is 14.5 Å². The highest BCUT2D eigenvalue weighted by Crippen LogP contribution is 2.30. The molecule has 1 atom stereocenters. The van der Waals surface area contributed by atoms with Gasteiger partial charge in [0.25, 0.3) is 0 Å². The van der Waals surface area contributed by atoms with Crippen molar-refractivity contribution in [1.82, 2.24) is 4.90 Å².